The van der Waals surface area contributed by atoms with E-state index in [1.54, 1.807) is 16.9 Å². The maximum Gasteiger partial charge on any atom is 0.231 e. The molecule has 1 fully saturated rings. The number of anilines is 1. The van der Waals surface area contributed by atoms with Crippen LogP contribution in [0, 0.1) is 6.92 Å². The van der Waals surface area contributed by atoms with Crippen molar-refractivity contribution in [2.24, 2.45) is 7.05 Å². The summed E-state index contributed by atoms with van der Waals surface area (Å²) in [5, 5.41) is 9.59. The van der Waals surface area contributed by atoms with E-state index in [1.165, 1.54) is 11.3 Å². The van der Waals surface area contributed by atoms with E-state index in [1.807, 2.05) is 31.6 Å². The van der Waals surface area contributed by atoms with Gasteiger partial charge in [0.05, 0.1) is 34.8 Å². The Balaban J connectivity index is 1.39. The van der Waals surface area contributed by atoms with Crippen molar-refractivity contribution >= 4 is 32.9 Å². The SMILES string of the molecule is Cc1nc(NC(=O)Cc2csc(C3CCS(=O)(=O)C3)n2)ccc1-c1cnn(C)c1. The highest BCUT2D eigenvalue weighted by Crippen LogP contribution is 2.31. The normalized spacial score (nSPS) is 18.1. The Kier molecular flexibility index (Phi) is 5.22. The van der Waals surface area contributed by atoms with Gasteiger partial charge in [-0.15, -0.1) is 11.3 Å². The number of aryl methyl sites for hydroxylation is 2. The molecule has 152 valence electrons. The van der Waals surface area contributed by atoms with Crippen LogP contribution in [0.3, 0.4) is 0 Å². The van der Waals surface area contributed by atoms with Crippen LogP contribution in [0.15, 0.2) is 29.9 Å². The minimum Gasteiger partial charge on any atom is -0.310 e. The van der Waals surface area contributed by atoms with Gasteiger partial charge in [-0.2, -0.15) is 5.10 Å². The standard InChI is InChI=1S/C19H21N5O3S2/c1-12-16(14-8-20-24(2)9-14)3-4-17(21-12)23-18(25)7-15-10-28-19(22-15)13-5-6-29(26,27)11-13/h3-4,8-10,13H,5-7,11H2,1-2H3,(H,21,23,25). The molecule has 3 aromatic heterocycles. The van der Waals surface area contributed by atoms with Gasteiger partial charge in [0.2, 0.25) is 5.91 Å². The zero-order valence-electron chi connectivity index (χ0n) is 16.1. The largest absolute Gasteiger partial charge is 0.310 e. The van der Waals surface area contributed by atoms with Gasteiger partial charge in [0.25, 0.3) is 0 Å². The number of nitrogens with zero attached hydrogens (tertiary/aromatic N) is 4. The Hall–Kier alpha value is -2.59. The van der Waals surface area contributed by atoms with Crippen molar-refractivity contribution in [2.75, 3.05) is 16.8 Å². The number of hydrogen-bond donors (Lipinski definition) is 1. The summed E-state index contributed by atoms with van der Waals surface area (Å²) in [5.74, 6) is 0.594. The lowest BCUT2D eigenvalue weighted by Crippen LogP contribution is -2.16. The van der Waals surface area contributed by atoms with E-state index < -0.39 is 9.84 Å². The van der Waals surface area contributed by atoms with Crippen molar-refractivity contribution in [3.05, 3.63) is 46.3 Å². The van der Waals surface area contributed by atoms with Gasteiger partial charge in [-0.25, -0.2) is 18.4 Å². The molecule has 0 aromatic carbocycles. The Labute approximate surface area is 172 Å². The average molecular weight is 432 g/mol. The predicted octanol–water partition coefficient (Wildman–Crippen LogP) is 2.33. The van der Waals surface area contributed by atoms with Gasteiger partial charge in [-0.05, 0) is 25.5 Å². The lowest BCUT2D eigenvalue weighted by molar-refractivity contribution is -0.115. The maximum atomic E-state index is 12.4. The van der Waals surface area contributed by atoms with Crippen LogP contribution in [0.25, 0.3) is 11.1 Å². The molecule has 1 amide bonds. The van der Waals surface area contributed by atoms with Crippen LogP contribution in [0.5, 0.6) is 0 Å². The summed E-state index contributed by atoms with van der Waals surface area (Å²) < 4.78 is 25.0. The molecule has 4 heterocycles. The molecule has 0 radical (unpaired) electrons. The van der Waals surface area contributed by atoms with Crippen LogP contribution in [0.4, 0.5) is 5.82 Å². The molecule has 0 saturated carbocycles. The fraction of sp³-hybridized carbons (Fsp3) is 0.368. The molecule has 1 N–H and O–H groups in total. The molecule has 0 spiro atoms. The molecule has 3 aromatic rings. The number of pyridine rings is 1. The minimum absolute atomic E-state index is 0.0499. The Morgan fingerprint density at radius 1 is 1.34 bits per heavy atom. The smallest absolute Gasteiger partial charge is 0.231 e. The van der Waals surface area contributed by atoms with Crippen LogP contribution in [0.2, 0.25) is 0 Å². The van der Waals surface area contributed by atoms with Gasteiger partial charge >= 0.3 is 0 Å². The van der Waals surface area contributed by atoms with E-state index in [0.717, 1.165) is 21.8 Å². The summed E-state index contributed by atoms with van der Waals surface area (Å²) in [7, 11) is -1.09. The van der Waals surface area contributed by atoms with Gasteiger partial charge in [-0.1, -0.05) is 0 Å². The van der Waals surface area contributed by atoms with Gasteiger partial charge < -0.3 is 5.32 Å². The van der Waals surface area contributed by atoms with Crippen molar-refractivity contribution in [3.8, 4) is 11.1 Å². The quantitative estimate of drug-likeness (QED) is 0.664. The van der Waals surface area contributed by atoms with Crippen LogP contribution in [-0.4, -0.2) is 45.6 Å². The summed E-state index contributed by atoms with van der Waals surface area (Å²) in [4.78, 5) is 21.3. The minimum atomic E-state index is -2.95. The van der Waals surface area contributed by atoms with E-state index in [-0.39, 0.29) is 29.8 Å². The fourth-order valence-electron chi connectivity index (χ4n) is 3.43. The predicted molar refractivity (Wildman–Crippen MR) is 112 cm³/mol. The first kappa shape index (κ1) is 19.7. The summed E-state index contributed by atoms with van der Waals surface area (Å²) in [6.45, 7) is 1.89. The molecule has 4 rings (SSSR count). The number of sulfone groups is 1. The Morgan fingerprint density at radius 2 is 2.17 bits per heavy atom. The molecular weight excluding hydrogens is 410 g/mol. The average Bonchev–Trinajstić information content (AvgIpc) is 3.35. The number of amides is 1. The van der Waals surface area contributed by atoms with Crippen LogP contribution < -0.4 is 5.32 Å². The zero-order chi connectivity index (χ0) is 20.6. The van der Waals surface area contributed by atoms with Gasteiger partial charge in [0.1, 0.15) is 5.82 Å². The number of nitrogens with one attached hydrogen (secondary N) is 1. The van der Waals surface area contributed by atoms with E-state index in [2.05, 4.69) is 20.4 Å². The highest BCUT2D eigenvalue weighted by atomic mass is 32.2. The third-order valence-corrected chi connectivity index (χ3v) is 7.69. The second kappa shape index (κ2) is 7.68. The highest BCUT2D eigenvalue weighted by Gasteiger charge is 2.31. The molecule has 1 saturated heterocycles. The number of carbonyl (C=O) groups is 1. The van der Waals surface area contributed by atoms with Crippen molar-refractivity contribution in [2.45, 2.75) is 25.7 Å². The zero-order valence-corrected chi connectivity index (χ0v) is 17.8. The summed E-state index contributed by atoms with van der Waals surface area (Å²) >= 11 is 1.42. The third-order valence-electron chi connectivity index (χ3n) is 4.86. The second-order valence-corrected chi connectivity index (χ2v) is 10.4. The van der Waals surface area contributed by atoms with Gasteiger partial charge in [0.15, 0.2) is 9.84 Å². The first-order valence-electron chi connectivity index (χ1n) is 9.20. The number of rotatable bonds is 5. The number of thiazole rings is 1. The Morgan fingerprint density at radius 3 is 2.83 bits per heavy atom. The van der Waals surface area contributed by atoms with Crippen molar-refractivity contribution < 1.29 is 13.2 Å². The van der Waals surface area contributed by atoms with Crippen LogP contribution in [-0.2, 0) is 28.1 Å². The van der Waals surface area contributed by atoms with E-state index in [0.29, 0.717) is 17.9 Å². The fourth-order valence-corrected chi connectivity index (χ4v) is 6.24. The van der Waals surface area contributed by atoms with E-state index in [9.17, 15) is 13.2 Å². The van der Waals surface area contributed by atoms with Gasteiger partial charge in [-0.3, -0.25) is 9.48 Å². The third kappa shape index (κ3) is 4.54. The summed E-state index contributed by atoms with van der Waals surface area (Å²) in [6, 6.07) is 3.68. The molecule has 1 aliphatic rings. The van der Waals surface area contributed by atoms with Crippen LogP contribution in [0.1, 0.15) is 28.7 Å². The molecule has 8 nitrogen and oxygen atoms in total. The Bertz CT molecular complexity index is 1170. The molecule has 1 atom stereocenters. The van der Waals surface area contributed by atoms with E-state index in [4.69, 9.17) is 0 Å². The van der Waals surface area contributed by atoms with Crippen molar-refractivity contribution in [1.29, 1.82) is 0 Å². The molecule has 10 heteroatoms. The van der Waals surface area contributed by atoms with Gasteiger partial charge in [0, 0.05) is 41.4 Å². The second-order valence-electron chi connectivity index (χ2n) is 7.23. The summed E-state index contributed by atoms with van der Waals surface area (Å²) in [6.07, 6.45) is 4.42. The molecule has 0 aliphatic carbocycles. The monoisotopic (exact) mass is 431 g/mol. The van der Waals surface area contributed by atoms with E-state index >= 15 is 0 Å². The van der Waals surface area contributed by atoms with Crippen molar-refractivity contribution in [1.82, 2.24) is 19.7 Å². The number of aromatic nitrogens is 4. The molecular formula is C19H21N5O3S2. The first-order chi connectivity index (χ1) is 13.8. The number of hydrogen-bond acceptors (Lipinski definition) is 7. The topological polar surface area (TPSA) is 107 Å². The highest BCUT2D eigenvalue weighted by molar-refractivity contribution is 7.91. The van der Waals surface area contributed by atoms with Crippen LogP contribution >= 0.6 is 11.3 Å². The maximum absolute atomic E-state index is 12.4. The summed E-state index contributed by atoms with van der Waals surface area (Å²) in [5.41, 5.74) is 3.38. The lowest BCUT2D eigenvalue weighted by Gasteiger charge is -2.07. The first-order valence-corrected chi connectivity index (χ1v) is 11.9. The number of carbonyl (C=O) groups excluding carboxylic acids is 1. The molecule has 29 heavy (non-hydrogen) atoms. The molecule has 1 unspecified atom stereocenters. The molecule has 0 bridgehead atoms. The van der Waals surface area contributed by atoms with Crippen molar-refractivity contribution in [3.63, 3.8) is 0 Å². The lowest BCUT2D eigenvalue weighted by atomic mass is 10.1. The molecule has 1 aliphatic heterocycles.